The third-order valence-corrected chi connectivity index (χ3v) is 7.15. The summed E-state index contributed by atoms with van der Waals surface area (Å²) in [4.78, 5) is 14.1. The summed E-state index contributed by atoms with van der Waals surface area (Å²) < 4.78 is 29.2. The Hall–Kier alpha value is -2.71. The van der Waals surface area contributed by atoms with Gasteiger partial charge in [0.2, 0.25) is 10.0 Å². The van der Waals surface area contributed by atoms with Crippen molar-refractivity contribution in [2.75, 3.05) is 7.11 Å². The lowest BCUT2D eigenvalue weighted by Crippen LogP contribution is -2.11. The molecule has 3 aromatic carbocycles. The molecule has 4 aromatic rings. The Morgan fingerprint density at radius 1 is 1.00 bits per heavy atom. The first kappa shape index (κ1) is 20.6. The number of rotatable bonds is 4. The number of halogens is 1. The summed E-state index contributed by atoms with van der Waals surface area (Å²) in [6.07, 6.45) is 0. The maximum absolute atomic E-state index is 13.5. The molecule has 0 saturated carbocycles. The fraction of sp³-hybridized carbons (Fsp3) is 0.0455. The van der Waals surface area contributed by atoms with Crippen molar-refractivity contribution in [1.82, 2.24) is 0 Å². The first-order valence-corrected chi connectivity index (χ1v) is 11.6. The van der Waals surface area contributed by atoms with E-state index in [1.165, 1.54) is 23.5 Å². The normalized spacial score (nSPS) is 11.6. The van der Waals surface area contributed by atoms with Gasteiger partial charge in [0, 0.05) is 26.1 Å². The van der Waals surface area contributed by atoms with Crippen LogP contribution in [-0.2, 0) is 10.0 Å². The highest BCUT2D eigenvalue weighted by molar-refractivity contribution is 7.89. The zero-order chi connectivity index (χ0) is 21.5. The number of primary sulfonamides is 1. The third kappa shape index (κ3) is 3.73. The van der Waals surface area contributed by atoms with Gasteiger partial charge in [-0.15, -0.1) is 11.3 Å². The molecule has 0 aliphatic rings. The summed E-state index contributed by atoms with van der Waals surface area (Å²) in [7, 11) is -2.27. The zero-order valence-electron chi connectivity index (χ0n) is 15.8. The Morgan fingerprint density at radius 2 is 1.70 bits per heavy atom. The molecule has 0 aliphatic heterocycles. The van der Waals surface area contributed by atoms with Crippen LogP contribution in [0.15, 0.2) is 76.4 Å². The predicted molar refractivity (Wildman–Crippen MR) is 122 cm³/mol. The number of hydrogen-bond acceptors (Lipinski definition) is 5. The Labute approximate surface area is 182 Å². The van der Waals surface area contributed by atoms with Crippen LogP contribution in [0.4, 0.5) is 0 Å². The maximum atomic E-state index is 13.5. The number of methoxy groups -OCH3 is 1. The monoisotopic (exact) mass is 457 g/mol. The SMILES string of the molecule is COc1ccc(-c2c(-c3ccc(S(N)(=O)=O)cc3)sc3ccccc3c2=O)c(Cl)c1. The summed E-state index contributed by atoms with van der Waals surface area (Å²) in [6.45, 7) is 0. The minimum absolute atomic E-state index is 0.00316. The van der Waals surface area contributed by atoms with Gasteiger partial charge < -0.3 is 4.74 Å². The van der Waals surface area contributed by atoms with Crippen molar-refractivity contribution < 1.29 is 13.2 Å². The first-order valence-electron chi connectivity index (χ1n) is 8.82. The Balaban J connectivity index is 2.04. The van der Waals surface area contributed by atoms with E-state index in [2.05, 4.69) is 0 Å². The minimum atomic E-state index is -3.81. The molecule has 1 heterocycles. The lowest BCUT2D eigenvalue weighted by Gasteiger charge is -2.13. The van der Waals surface area contributed by atoms with Gasteiger partial charge in [-0.25, -0.2) is 13.6 Å². The topological polar surface area (TPSA) is 86.5 Å². The Bertz CT molecular complexity index is 1430. The van der Waals surface area contributed by atoms with Crippen LogP contribution < -0.4 is 15.3 Å². The van der Waals surface area contributed by atoms with E-state index in [9.17, 15) is 13.2 Å². The van der Waals surface area contributed by atoms with Crippen molar-refractivity contribution in [2.24, 2.45) is 5.14 Å². The maximum Gasteiger partial charge on any atom is 0.238 e. The Morgan fingerprint density at radius 3 is 2.33 bits per heavy atom. The number of sulfonamides is 1. The molecule has 5 nitrogen and oxygen atoms in total. The van der Waals surface area contributed by atoms with Gasteiger partial charge in [0.05, 0.1) is 17.0 Å². The molecule has 1 aromatic heterocycles. The first-order chi connectivity index (χ1) is 14.3. The molecule has 0 bridgehead atoms. The highest BCUT2D eigenvalue weighted by atomic mass is 35.5. The standard InChI is InChI=1S/C22H16ClNO4S2/c1-28-14-8-11-16(18(23)12-14)20-21(25)17-4-2-3-5-19(17)29-22(20)13-6-9-15(10-7-13)30(24,26)27/h2-12H,1H3,(H2,24,26,27). The second-order valence-electron chi connectivity index (χ2n) is 6.55. The van der Waals surface area contributed by atoms with Crippen molar-refractivity contribution in [1.29, 1.82) is 0 Å². The van der Waals surface area contributed by atoms with Crippen LogP contribution in [0, 0.1) is 0 Å². The molecule has 0 fully saturated rings. The minimum Gasteiger partial charge on any atom is -0.497 e. The van der Waals surface area contributed by atoms with Gasteiger partial charge in [-0.2, -0.15) is 0 Å². The van der Waals surface area contributed by atoms with E-state index in [0.717, 1.165) is 4.70 Å². The average molecular weight is 458 g/mol. The van der Waals surface area contributed by atoms with E-state index >= 15 is 0 Å². The number of fused-ring (bicyclic) bond motifs is 1. The van der Waals surface area contributed by atoms with Crippen LogP contribution in [0.2, 0.25) is 5.02 Å². The molecule has 0 spiro atoms. The average Bonchev–Trinajstić information content (AvgIpc) is 2.73. The van der Waals surface area contributed by atoms with E-state index in [4.69, 9.17) is 21.5 Å². The third-order valence-electron chi connectivity index (χ3n) is 4.69. The van der Waals surface area contributed by atoms with Gasteiger partial charge in [0.1, 0.15) is 5.75 Å². The summed E-state index contributed by atoms with van der Waals surface area (Å²) >= 11 is 7.94. The summed E-state index contributed by atoms with van der Waals surface area (Å²) in [5, 5.41) is 6.19. The molecule has 8 heteroatoms. The number of hydrogen-bond donors (Lipinski definition) is 1. The van der Waals surface area contributed by atoms with Crippen molar-refractivity contribution in [3.8, 4) is 27.3 Å². The van der Waals surface area contributed by atoms with Gasteiger partial charge >= 0.3 is 0 Å². The van der Waals surface area contributed by atoms with E-state index in [1.807, 2.05) is 18.2 Å². The van der Waals surface area contributed by atoms with Crippen LogP contribution in [-0.4, -0.2) is 15.5 Å². The van der Waals surface area contributed by atoms with Crippen molar-refractivity contribution in [3.63, 3.8) is 0 Å². The quantitative estimate of drug-likeness (QED) is 0.472. The number of benzene rings is 3. The zero-order valence-corrected chi connectivity index (χ0v) is 18.1. The summed E-state index contributed by atoms with van der Waals surface area (Å²) in [6, 6.07) is 18.6. The van der Waals surface area contributed by atoms with Crippen molar-refractivity contribution in [2.45, 2.75) is 4.90 Å². The van der Waals surface area contributed by atoms with Crippen LogP contribution >= 0.6 is 22.9 Å². The summed E-state index contributed by atoms with van der Waals surface area (Å²) in [5.74, 6) is 0.583. The van der Waals surface area contributed by atoms with Crippen LogP contribution in [0.25, 0.3) is 31.7 Å². The number of nitrogens with two attached hydrogens (primary N) is 1. The lowest BCUT2D eigenvalue weighted by molar-refractivity contribution is 0.415. The van der Waals surface area contributed by atoms with Gasteiger partial charge in [-0.05, 0) is 48.0 Å². The molecule has 4 rings (SSSR count). The largest absolute Gasteiger partial charge is 0.497 e. The lowest BCUT2D eigenvalue weighted by atomic mass is 10.00. The highest BCUT2D eigenvalue weighted by Gasteiger charge is 2.19. The fourth-order valence-electron chi connectivity index (χ4n) is 3.21. The molecule has 0 radical (unpaired) electrons. The second kappa shape index (κ2) is 7.85. The van der Waals surface area contributed by atoms with Gasteiger partial charge in [0.25, 0.3) is 0 Å². The molecule has 0 amide bonds. The van der Waals surface area contributed by atoms with Gasteiger partial charge in [-0.1, -0.05) is 35.9 Å². The van der Waals surface area contributed by atoms with E-state index in [1.54, 1.807) is 43.5 Å². The molecule has 0 aliphatic carbocycles. The van der Waals surface area contributed by atoms with Crippen LogP contribution in [0.1, 0.15) is 0 Å². The van der Waals surface area contributed by atoms with Crippen LogP contribution in [0.5, 0.6) is 5.75 Å². The van der Waals surface area contributed by atoms with E-state index in [-0.39, 0.29) is 10.3 Å². The van der Waals surface area contributed by atoms with Gasteiger partial charge in [-0.3, -0.25) is 4.79 Å². The summed E-state index contributed by atoms with van der Waals surface area (Å²) in [5.41, 5.74) is 1.57. The fourth-order valence-corrected chi connectivity index (χ4v) is 5.19. The van der Waals surface area contributed by atoms with E-state index < -0.39 is 10.0 Å². The molecule has 30 heavy (non-hydrogen) atoms. The molecular formula is C22H16ClNO4S2. The van der Waals surface area contributed by atoms with Crippen molar-refractivity contribution in [3.05, 3.63) is 82.0 Å². The molecule has 2 N–H and O–H groups in total. The smallest absolute Gasteiger partial charge is 0.238 e. The van der Waals surface area contributed by atoms with Crippen LogP contribution in [0.3, 0.4) is 0 Å². The molecular weight excluding hydrogens is 442 g/mol. The van der Waals surface area contributed by atoms with E-state index in [0.29, 0.717) is 37.7 Å². The molecule has 0 unspecified atom stereocenters. The highest BCUT2D eigenvalue weighted by Crippen LogP contribution is 2.40. The molecule has 0 saturated heterocycles. The van der Waals surface area contributed by atoms with Gasteiger partial charge in [0.15, 0.2) is 5.43 Å². The molecule has 152 valence electrons. The Kier molecular flexibility index (Phi) is 5.38. The number of ether oxygens (including phenoxy) is 1. The van der Waals surface area contributed by atoms with Crippen molar-refractivity contribution >= 4 is 43.0 Å². The predicted octanol–water partition coefficient (Wildman–Crippen LogP) is 4.90. The molecule has 0 atom stereocenters. The second-order valence-corrected chi connectivity index (χ2v) is 9.57.